The monoisotopic (exact) mass is 1470 g/mol. The van der Waals surface area contributed by atoms with Crippen LogP contribution in [0.1, 0.15) is 79.0 Å². The van der Waals surface area contributed by atoms with Crippen LogP contribution in [-0.2, 0) is 16.2 Å². The molecule has 0 aliphatic carbocycles. The van der Waals surface area contributed by atoms with Crippen molar-refractivity contribution in [3.05, 3.63) is 369 Å². The van der Waals surface area contributed by atoms with Crippen molar-refractivity contribution >= 4 is 133 Å². The summed E-state index contributed by atoms with van der Waals surface area (Å²) in [6, 6.07) is 135. The summed E-state index contributed by atoms with van der Waals surface area (Å²) >= 11 is 0. The fourth-order valence-electron chi connectivity index (χ4n) is 19.6. The molecule has 0 atom stereocenters. The van der Waals surface area contributed by atoms with E-state index in [4.69, 9.17) is 0 Å². The topological polar surface area (TPSA) is 16.3 Å². The molecule has 18 aromatic carbocycles. The molecule has 4 nitrogen and oxygen atoms in total. The Labute approximate surface area is 672 Å². The molecular weight excluding hydrogens is 1390 g/mol. The molecule has 0 amide bonds. The van der Waals surface area contributed by atoms with E-state index in [2.05, 4.69) is 433 Å². The molecule has 0 fully saturated rings. The average molecular weight is 1470 g/mol. The van der Waals surface area contributed by atoms with Crippen LogP contribution in [-0.4, -0.2) is 15.8 Å². The SMILES string of the molecule is CC(C)(C)c1ccc(-c2cc(-c3ccccc3)cc(-c3ccccc3)c2N2c3cc(-n4c5ccccc5c5ccccc54)ccc3B3c4ccc(-n5c6ccc7cccc8c9cccc%10ccc5c(c%109)c6c78)cc4N(c4c(-c5ccccc5)cc(-c5ccccc5)cc4-c4ccc(C(C)(C)C)cc4)c4cc(C(C)(C)C)cc2c43)cc1. The van der Waals surface area contributed by atoms with Crippen molar-refractivity contribution in [2.75, 3.05) is 9.80 Å². The normalized spacial score (nSPS) is 13.0. The van der Waals surface area contributed by atoms with Crippen LogP contribution in [0.2, 0.25) is 0 Å². The van der Waals surface area contributed by atoms with Crippen LogP contribution >= 0.6 is 0 Å². The lowest BCUT2D eigenvalue weighted by atomic mass is 9.33. The van der Waals surface area contributed by atoms with E-state index in [9.17, 15) is 0 Å². The van der Waals surface area contributed by atoms with Crippen molar-refractivity contribution < 1.29 is 0 Å². The van der Waals surface area contributed by atoms with Gasteiger partial charge in [0.1, 0.15) is 0 Å². The van der Waals surface area contributed by atoms with Crippen molar-refractivity contribution in [1.29, 1.82) is 0 Å². The summed E-state index contributed by atoms with van der Waals surface area (Å²) in [7, 11) is 0. The maximum atomic E-state index is 2.76. The summed E-state index contributed by atoms with van der Waals surface area (Å²) in [6.45, 7) is 20.9. The maximum Gasteiger partial charge on any atom is 0.252 e. The van der Waals surface area contributed by atoms with E-state index in [1.807, 2.05) is 0 Å². The van der Waals surface area contributed by atoms with Crippen LogP contribution in [0, 0.1) is 0 Å². The van der Waals surface area contributed by atoms with E-state index >= 15 is 0 Å². The van der Waals surface area contributed by atoms with Gasteiger partial charge in [-0.1, -0.05) is 329 Å². The molecule has 0 spiro atoms. The molecule has 22 rings (SSSR count). The van der Waals surface area contributed by atoms with Gasteiger partial charge in [-0.25, -0.2) is 0 Å². The highest BCUT2D eigenvalue weighted by molar-refractivity contribution is 7.00. The lowest BCUT2D eigenvalue weighted by Gasteiger charge is -2.46. The van der Waals surface area contributed by atoms with Gasteiger partial charge in [-0.05, 0) is 211 Å². The van der Waals surface area contributed by atoms with E-state index in [1.54, 1.807) is 0 Å². The molecule has 0 N–H and O–H groups in total. The summed E-state index contributed by atoms with van der Waals surface area (Å²) in [4.78, 5) is 5.51. The number of hydrogen-bond acceptors (Lipinski definition) is 2. The first-order chi connectivity index (χ1) is 56.0. The standard InChI is InChI=1S/C110H85BN4/c1-108(2,3)78-50-44-72(45-51-78)89-62-76(68-28-14-10-15-29-68)60-87(70-32-18-12-19-33-70)106(89)114-97-66-81(112-93-42-24-22-38-83(93)84-39-23-25-43-94(84)112)54-56-91(97)111-92-57-55-82(113-95-58-48-74-36-26-40-85-86-41-27-37-75-49-59-96(113)104(102(75)86)103(95)101(74)85)67-98(92)115(100-65-80(110(7,8)9)64-99(114)105(100)111)107-88(71-34-20-13-21-35-71)61-77(69-30-16-11-17-31-69)63-90(107)73-46-52-79(53-47-73)109(4,5)6/h10-67H,1-9H3. The van der Waals surface area contributed by atoms with Crippen LogP contribution in [0.5, 0.6) is 0 Å². The minimum atomic E-state index is -0.375. The quantitative estimate of drug-likeness (QED) is 0.0771. The summed E-state index contributed by atoms with van der Waals surface area (Å²) < 4.78 is 5.12. The summed E-state index contributed by atoms with van der Waals surface area (Å²) in [6.07, 6.45) is 0. The van der Waals surface area contributed by atoms with E-state index < -0.39 is 0 Å². The molecule has 4 heterocycles. The molecule has 2 aromatic heterocycles. The highest BCUT2D eigenvalue weighted by Gasteiger charge is 2.47. The zero-order valence-corrected chi connectivity index (χ0v) is 66.4. The Balaban J connectivity index is 0.921. The van der Waals surface area contributed by atoms with Gasteiger partial charge in [0.25, 0.3) is 6.71 Å². The molecule has 0 saturated heterocycles. The van der Waals surface area contributed by atoms with Gasteiger partial charge in [0.2, 0.25) is 0 Å². The number of rotatable bonds is 10. The Kier molecular flexibility index (Phi) is 15.2. The van der Waals surface area contributed by atoms with Crippen LogP contribution in [0.15, 0.2) is 352 Å². The van der Waals surface area contributed by atoms with Crippen LogP contribution in [0.3, 0.4) is 0 Å². The van der Waals surface area contributed by atoms with Gasteiger partial charge in [0, 0.05) is 77.9 Å². The number of anilines is 6. The number of hydrogen-bond donors (Lipinski definition) is 0. The molecule has 2 aliphatic heterocycles. The predicted octanol–water partition coefficient (Wildman–Crippen LogP) is 28.2. The number of aromatic nitrogens is 2. The van der Waals surface area contributed by atoms with Crippen LogP contribution in [0.4, 0.5) is 34.1 Å². The third-order valence-corrected chi connectivity index (χ3v) is 25.2. The van der Waals surface area contributed by atoms with Gasteiger partial charge in [-0.2, -0.15) is 0 Å². The predicted molar refractivity (Wildman–Crippen MR) is 493 cm³/mol. The number of fused-ring (bicyclic) bond motifs is 8. The van der Waals surface area contributed by atoms with Gasteiger partial charge < -0.3 is 18.9 Å². The highest BCUT2D eigenvalue weighted by Crippen LogP contribution is 2.57. The van der Waals surface area contributed by atoms with Crippen LogP contribution in [0.25, 0.3) is 154 Å². The van der Waals surface area contributed by atoms with E-state index in [0.717, 1.165) is 123 Å². The van der Waals surface area contributed by atoms with Crippen LogP contribution < -0.4 is 26.2 Å². The second-order valence-corrected chi connectivity index (χ2v) is 35.2. The molecule has 115 heavy (non-hydrogen) atoms. The highest BCUT2D eigenvalue weighted by atomic mass is 15.2. The lowest BCUT2D eigenvalue weighted by Crippen LogP contribution is -2.61. The maximum absolute atomic E-state index is 2.76. The van der Waals surface area contributed by atoms with Crippen molar-refractivity contribution in [3.63, 3.8) is 0 Å². The molecule has 0 radical (unpaired) electrons. The summed E-state index contributed by atoms with van der Waals surface area (Å²) in [5.74, 6) is 0. The average Bonchev–Trinajstić information content (AvgIpc) is 1.65. The second-order valence-electron chi connectivity index (χ2n) is 35.2. The third-order valence-electron chi connectivity index (χ3n) is 25.2. The molecule has 0 saturated carbocycles. The number of para-hydroxylation sites is 2. The van der Waals surface area contributed by atoms with Crippen molar-refractivity contribution in [3.8, 4) is 78.1 Å². The first-order valence-electron chi connectivity index (χ1n) is 40.7. The first-order valence-corrected chi connectivity index (χ1v) is 40.7. The van der Waals surface area contributed by atoms with Crippen molar-refractivity contribution in [2.45, 2.75) is 78.6 Å². The molecular formula is C110H85BN4. The zero-order chi connectivity index (χ0) is 77.5. The van der Waals surface area contributed by atoms with Gasteiger partial charge in [-0.3, -0.25) is 0 Å². The molecule has 0 unspecified atom stereocenters. The Morgan fingerprint density at radius 3 is 0.948 bits per heavy atom. The summed E-state index contributed by atoms with van der Waals surface area (Å²) in [5.41, 5.74) is 34.3. The molecule has 548 valence electrons. The van der Waals surface area contributed by atoms with Gasteiger partial charge >= 0.3 is 0 Å². The smallest absolute Gasteiger partial charge is 0.252 e. The Bertz CT molecular complexity index is 7140. The second kappa shape index (κ2) is 25.5. The van der Waals surface area contributed by atoms with Gasteiger partial charge in [0.15, 0.2) is 0 Å². The first kappa shape index (κ1) is 68.3. The van der Waals surface area contributed by atoms with Crippen molar-refractivity contribution in [1.82, 2.24) is 9.13 Å². The van der Waals surface area contributed by atoms with E-state index in [-0.39, 0.29) is 23.0 Å². The lowest BCUT2D eigenvalue weighted by molar-refractivity contribution is 0.590. The molecule has 5 heteroatoms. The van der Waals surface area contributed by atoms with Gasteiger partial charge in [0.05, 0.1) is 33.4 Å². The minimum Gasteiger partial charge on any atom is -0.310 e. The molecule has 2 aliphatic rings. The Morgan fingerprint density at radius 1 is 0.226 bits per heavy atom. The Morgan fingerprint density at radius 2 is 0.565 bits per heavy atom. The summed E-state index contributed by atoms with van der Waals surface area (Å²) in [5, 5.41) is 12.8. The minimum absolute atomic E-state index is 0.0746. The molecule has 20 aromatic rings. The van der Waals surface area contributed by atoms with E-state index in [0.29, 0.717) is 0 Å². The number of nitrogens with zero attached hydrogens (tertiary/aromatic N) is 4. The van der Waals surface area contributed by atoms with Gasteiger partial charge in [-0.15, -0.1) is 0 Å². The number of benzene rings is 18. The Hall–Kier alpha value is -13.5. The fraction of sp³-hybridized carbons (Fsp3) is 0.109. The zero-order valence-electron chi connectivity index (χ0n) is 66.4. The van der Waals surface area contributed by atoms with Crippen molar-refractivity contribution in [2.24, 2.45) is 0 Å². The fourth-order valence-corrected chi connectivity index (χ4v) is 19.6. The van der Waals surface area contributed by atoms with E-state index in [1.165, 1.54) is 98.0 Å². The molecule has 0 bridgehead atoms. The third kappa shape index (κ3) is 10.7. The largest absolute Gasteiger partial charge is 0.310 e.